The Morgan fingerprint density at radius 2 is 1.96 bits per heavy atom. The van der Waals surface area contributed by atoms with E-state index in [2.05, 4.69) is 31.2 Å². The summed E-state index contributed by atoms with van der Waals surface area (Å²) in [5.74, 6) is 1.11. The fraction of sp³-hybridized carbons (Fsp3) is 0.118. The summed E-state index contributed by atoms with van der Waals surface area (Å²) in [5, 5.41) is 3.57. The average molecular weight is 388 g/mol. The number of nitrogens with zero attached hydrogens (tertiary/aromatic N) is 2. The minimum Gasteiger partial charge on any atom is -0.497 e. The van der Waals surface area contributed by atoms with Gasteiger partial charge in [0.15, 0.2) is 0 Å². The Kier molecular flexibility index (Phi) is 4.61. The Balaban J connectivity index is 1.84. The number of ether oxygens (including phenoxy) is 2. The molecule has 3 rings (SSSR count). The largest absolute Gasteiger partial charge is 0.497 e. The molecule has 1 amide bonds. The second kappa shape index (κ2) is 6.84. The molecule has 0 saturated carbocycles. The lowest BCUT2D eigenvalue weighted by molar-refractivity contribution is 0.101. The molecule has 2 aromatic carbocycles. The van der Waals surface area contributed by atoms with Crippen LogP contribution >= 0.6 is 15.9 Å². The highest BCUT2D eigenvalue weighted by Gasteiger charge is 2.12. The molecule has 1 heterocycles. The number of carbonyl (C=O) groups is 1. The molecule has 122 valence electrons. The van der Waals surface area contributed by atoms with E-state index in [1.807, 2.05) is 6.07 Å². The number of nitrogens with one attached hydrogen (secondary N) is 1. The number of aromatic nitrogens is 2. The number of anilines is 1. The van der Waals surface area contributed by atoms with Gasteiger partial charge in [-0.25, -0.2) is 9.97 Å². The van der Waals surface area contributed by atoms with Crippen molar-refractivity contribution in [1.82, 2.24) is 9.97 Å². The van der Waals surface area contributed by atoms with Crippen LogP contribution in [0.3, 0.4) is 0 Å². The Labute approximate surface area is 147 Å². The first-order valence-corrected chi connectivity index (χ1v) is 7.85. The van der Waals surface area contributed by atoms with Crippen LogP contribution in [-0.4, -0.2) is 30.1 Å². The molecule has 1 aromatic heterocycles. The second-order valence-electron chi connectivity index (χ2n) is 4.92. The van der Waals surface area contributed by atoms with Gasteiger partial charge >= 0.3 is 0 Å². The van der Waals surface area contributed by atoms with E-state index in [1.54, 1.807) is 50.7 Å². The Morgan fingerprint density at radius 3 is 2.67 bits per heavy atom. The molecule has 0 unspecified atom stereocenters. The van der Waals surface area contributed by atoms with Crippen molar-refractivity contribution in [1.29, 1.82) is 0 Å². The van der Waals surface area contributed by atoms with Gasteiger partial charge in [0, 0.05) is 17.3 Å². The maximum atomic E-state index is 12.3. The van der Waals surface area contributed by atoms with E-state index < -0.39 is 0 Å². The number of hydrogen-bond donors (Lipinski definition) is 1. The van der Waals surface area contributed by atoms with Crippen LogP contribution < -0.4 is 14.8 Å². The number of benzene rings is 2. The number of halogens is 1. The first-order chi connectivity index (χ1) is 11.6. The molecule has 6 nitrogen and oxygen atoms in total. The van der Waals surface area contributed by atoms with E-state index in [0.717, 1.165) is 9.86 Å². The fourth-order valence-corrected chi connectivity index (χ4v) is 2.72. The van der Waals surface area contributed by atoms with Crippen LogP contribution in [-0.2, 0) is 0 Å². The Morgan fingerprint density at radius 1 is 1.12 bits per heavy atom. The van der Waals surface area contributed by atoms with Gasteiger partial charge in [-0.3, -0.25) is 4.79 Å². The molecule has 0 spiro atoms. The smallest absolute Gasteiger partial charge is 0.293 e. The normalized spacial score (nSPS) is 10.5. The topological polar surface area (TPSA) is 73.3 Å². The summed E-state index contributed by atoms with van der Waals surface area (Å²) in [7, 11) is 3.17. The molecule has 0 atom stereocenters. The van der Waals surface area contributed by atoms with Gasteiger partial charge in [0.25, 0.3) is 5.91 Å². The van der Waals surface area contributed by atoms with Crippen LogP contribution in [0.25, 0.3) is 10.9 Å². The molecule has 0 fully saturated rings. The molecular formula is C17H14BrN3O3. The average Bonchev–Trinajstić information content (AvgIpc) is 2.61. The molecule has 0 aliphatic heterocycles. The van der Waals surface area contributed by atoms with Crippen LogP contribution in [0.5, 0.6) is 11.5 Å². The van der Waals surface area contributed by atoms with Crippen LogP contribution in [0.4, 0.5) is 5.69 Å². The van der Waals surface area contributed by atoms with Crippen molar-refractivity contribution >= 4 is 38.4 Å². The predicted octanol–water partition coefficient (Wildman–Crippen LogP) is 3.66. The fourth-order valence-electron chi connectivity index (χ4n) is 2.18. The van der Waals surface area contributed by atoms with Crippen LogP contribution in [0.15, 0.2) is 47.1 Å². The number of methoxy groups -OCH3 is 2. The highest BCUT2D eigenvalue weighted by Crippen LogP contribution is 2.28. The Hall–Kier alpha value is -2.67. The molecule has 0 aliphatic rings. The maximum absolute atomic E-state index is 12.3. The number of hydrogen-bond acceptors (Lipinski definition) is 5. The summed E-state index contributed by atoms with van der Waals surface area (Å²) >= 11 is 3.38. The summed E-state index contributed by atoms with van der Waals surface area (Å²) in [6.45, 7) is 0. The third-order valence-electron chi connectivity index (χ3n) is 3.40. The number of rotatable bonds is 4. The number of carbonyl (C=O) groups excluding carboxylic acids is 1. The van der Waals surface area contributed by atoms with Crippen LogP contribution in [0.1, 0.15) is 10.6 Å². The molecule has 0 radical (unpaired) electrons. The van der Waals surface area contributed by atoms with Gasteiger partial charge in [0.1, 0.15) is 11.5 Å². The van der Waals surface area contributed by atoms with Crippen LogP contribution in [0, 0.1) is 0 Å². The van der Waals surface area contributed by atoms with Crippen LogP contribution in [0.2, 0.25) is 0 Å². The minimum atomic E-state index is -0.384. The summed E-state index contributed by atoms with van der Waals surface area (Å²) in [5.41, 5.74) is 1.29. The molecule has 1 N–H and O–H groups in total. The van der Waals surface area contributed by atoms with E-state index in [4.69, 9.17) is 9.47 Å². The van der Waals surface area contributed by atoms with E-state index in [0.29, 0.717) is 22.7 Å². The summed E-state index contributed by atoms with van der Waals surface area (Å²) < 4.78 is 11.1. The van der Waals surface area contributed by atoms with Gasteiger partial charge in [0.2, 0.25) is 5.82 Å². The lowest BCUT2D eigenvalue weighted by Crippen LogP contribution is -2.15. The van der Waals surface area contributed by atoms with Gasteiger partial charge in [0.05, 0.1) is 24.2 Å². The molecule has 24 heavy (non-hydrogen) atoms. The predicted molar refractivity (Wildman–Crippen MR) is 94.7 cm³/mol. The quantitative estimate of drug-likeness (QED) is 0.739. The zero-order valence-corrected chi connectivity index (χ0v) is 14.6. The summed E-state index contributed by atoms with van der Waals surface area (Å²) in [4.78, 5) is 20.7. The molecule has 7 heteroatoms. The Bertz CT molecular complexity index is 915. The number of amides is 1. The van der Waals surface area contributed by atoms with Crippen molar-refractivity contribution in [2.45, 2.75) is 0 Å². The molecule has 3 aromatic rings. The van der Waals surface area contributed by atoms with Gasteiger partial charge in [-0.2, -0.15) is 0 Å². The highest BCUT2D eigenvalue weighted by molar-refractivity contribution is 9.10. The van der Waals surface area contributed by atoms with Gasteiger partial charge in [-0.05, 0) is 52.3 Å². The molecular weight excluding hydrogens is 374 g/mol. The van der Waals surface area contributed by atoms with Crippen molar-refractivity contribution in [3.05, 3.63) is 52.9 Å². The number of fused-ring (bicyclic) bond motifs is 1. The summed E-state index contributed by atoms with van der Waals surface area (Å²) in [6, 6.07) is 10.6. The van der Waals surface area contributed by atoms with Gasteiger partial charge in [-0.15, -0.1) is 0 Å². The maximum Gasteiger partial charge on any atom is 0.293 e. The minimum absolute atomic E-state index is 0.0969. The van der Waals surface area contributed by atoms with Crippen molar-refractivity contribution in [2.75, 3.05) is 19.5 Å². The molecule has 0 aliphatic carbocycles. The molecule has 0 bridgehead atoms. The van der Waals surface area contributed by atoms with Crippen molar-refractivity contribution in [3.63, 3.8) is 0 Å². The van der Waals surface area contributed by atoms with E-state index in [1.165, 1.54) is 0 Å². The van der Waals surface area contributed by atoms with E-state index >= 15 is 0 Å². The summed E-state index contributed by atoms with van der Waals surface area (Å²) in [6.07, 6.45) is 1.60. The first-order valence-electron chi connectivity index (χ1n) is 7.06. The van der Waals surface area contributed by atoms with Gasteiger partial charge < -0.3 is 14.8 Å². The second-order valence-corrected chi connectivity index (χ2v) is 5.78. The standard InChI is InChI=1S/C17H14BrN3O3/c1-23-12-4-5-14-10(7-12)9-19-16(21-14)17(22)20-11-3-6-15(24-2)13(18)8-11/h3-9H,1-2H3,(H,20,22). The monoisotopic (exact) mass is 387 g/mol. The lowest BCUT2D eigenvalue weighted by Gasteiger charge is -2.08. The van der Waals surface area contributed by atoms with Crippen molar-refractivity contribution in [2.24, 2.45) is 0 Å². The third-order valence-corrected chi connectivity index (χ3v) is 4.02. The zero-order valence-electron chi connectivity index (χ0n) is 13.0. The SMILES string of the molecule is COc1ccc2nc(C(=O)Nc3ccc(OC)c(Br)c3)ncc2c1. The zero-order chi connectivity index (χ0) is 17.1. The van der Waals surface area contributed by atoms with E-state index in [-0.39, 0.29) is 11.7 Å². The van der Waals surface area contributed by atoms with Crippen molar-refractivity contribution in [3.8, 4) is 11.5 Å². The van der Waals surface area contributed by atoms with E-state index in [9.17, 15) is 4.79 Å². The van der Waals surface area contributed by atoms with Crippen molar-refractivity contribution < 1.29 is 14.3 Å². The lowest BCUT2D eigenvalue weighted by atomic mass is 10.2. The third kappa shape index (κ3) is 3.30. The van der Waals surface area contributed by atoms with Gasteiger partial charge in [-0.1, -0.05) is 0 Å². The highest BCUT2D eigenvalue weighted by atomic mass is 79.9. The first kappa shape index (κ1) is 16.2. The molecule has 0 saturated heterocycles.